The number of thiocarbonyl (C=S) groups is 1. The normalized spacial score (nSPS) is 6.17. The highest BCUT2D eigenvalue weighted by molar-refractivity contribution is 8.11. The van der Waals surface area contributed by atoms with Gasteiger partial charge in [0.1, 0.15) is 0 Å². The third kappa shape index (κ3) is 3.89. The second-order valence-corrected chi connectivity index (χ2v) is 1.67. The average molecular weight is 117 g/mol. The van der Waals surface area contributed by atoms with E-state index in [1.807, 2.05) is 0 Å². The van der Waals surface area contributed by atoms with Gasteiger partial charge in [-0.25, -0.2) is 0 Å². The number of aliphatic imine (C=N–C) groups is 1. The summed E-state index contributed by atoms with van der Waals surface area (Å²) >= 11 is 8.03. The summed E-state index contributed by atoms with van der Waals surface area (Å²) in [5.74, 6) is 2.22. The van der Waals surface area contributed by atoms with Gasteiger partial charge >= 0.3 is 0 Å². The fourth-order valence-corrected chi connectivity index (χ4v) is 0.203. The zero-order valence-corrected chi connectivity index (χ0v) is 4.72. The van der Waals surface area contributed by atoms with E-state index in [1.165, 1.54) is 0 Å². The van der Waals surface area contributed by atoms with Gasteiger partial charge in [-0.15, -0.1) is 12.6 Å². The van der Waals surface area contributed by atoms with E-state index in [9.17, 15) is 0 Å². The summed E-state index contributed by atoms with van der Waals surface area (Å²) in [4.78, 5) is 3.36. The molecule has 0 spiro atoms. The van der Waals surface area contributed by atoms with Crippen molar-refractivity contribution < 1.29 is 0 Å². The zero-order chi connectivity index (χ0) is 4.99. The van der Waals surface area contributed by atoms with Gasteiger partial charge in [0.05, 0.1) is 0 Å². The minimum Gasteiger partial charge on any atom is -0.188 e. The van der Waals surface area contributed by atoms with Crippen LogP contribution in [0.3, 0.4) is 0 Å². The van der Waals surface area contributed by atoms with E-state index < -0.39 is 0 Å². The van der Waals surface area contributed by atoms with Gasteiger partial charge < -0.3 is 0 Å². The molecule has 0 saturated carbocycles. The van der Waals surface area contributed by atoms with Crippen molar-refractivity contribution in [2.24, 2.45) is 4.99 Å². The van der Waals surface area contributed by atoms with Crippen LogP contribution in [-0.4, -0.2) is 10.2 Å². The highest BCUT2D eigenvalue weighted by Gasteiger charge is 1.68. The molecule has 6 heavy (non-hydrogen) atoms. The summed E-state index contributed by atoms with van der Waals surface area (Å²) in [5, 5.41) is 0. The van der Waals surface area contributed by atoms with Crippen molar-refractivity contribution in [1.82, 2.24) is 0 Å². The molecule has 0 fully saturated rings. The summed E-state index contributed by atoms with van der Waals surface area (Å²) in [6, 6.07) is 0. The third-order valence-electron chi connectivity index (χ3n) is 0.175. The maximum absolute atomic E-state index is 4.39. The van der Waals surface area contributed by atoms with E-state index in [1.54, 1.807) is 0 Å². The molecule has 0 amide bonds. The molecule has 0 aliphatic carbocycles. The van der Waals surface area contributed by atoms with Crippen molar-refractivity contribution in [3.63, 3.8) is 0 Å². The maximum Gasteiger partial charge on any atom is 0.166 e. The average Bonchev–Trinajstić information content (AvgIpc) is 1.35. The van der Waals surface area contributed by atoms with Gasteiger partial charge in [0.25, 0.3) is 0 Å². The predicted molar refractivity (Wildman–Crippen MR) is 34.6 cm³/mol. The molecule has 0 aromatic heterocycles. The first-order valence-corrected chi connectivity index (χ1v) is 2.08. The van der Waals surface area contributed by atoms with Crippen molar-refractivity contribution in [3.05, 3.63) is 6.58 Å². The minimum absolute atomic E-state index is 0.269. The Kier molecular flexibility index (Phi) is 3.04. The van der Waals surface area contributed by atoms with Crippen LogP contribution in [0.15, 0.2) is 11.6 Å². The lowest BCUT2D eigenvalue weighted by atomic mass is 11.1. The quantitative estimate of drug-likeness (QED) is 0.284. The fraction of sp³-hybridized carbons (Fsp3) is 0. The smallest absolute Gasteiger partial charge is 0.166 e. The second kappa shape index (κ2) is 3.09. The Morgan fingerprint density at radius 1 is 2.00 bits per heavy atom. The minimum atomic E-state index is 0.269. The number of rotatable bonds is 0. The molecule has 0 aromatic carbocycles. The summed E-state index contributed by atoms with van der Waals surface area (Å²) in [6.07, 6.45) is 0. The molecule has 3 heteroatoms. The Morgan fingerprint density at radius 2 is 2.50 bits per heavy atom. The first-order valence-electron chi connectivity index (χ1n) is 1.23. The van der Waals surface area contributed by atoms with Crippen LogP contribution in [0.4, 0.5) is 0 Å². The summed E-state index contributed by atoms with van der Waals surface area (Å²) in [7, 11) is 0. The Bertz CT molecular complexity index is 101. The highest BCUT2D eigenvalue weighted by Crippen LogP contribution is 1.79. The molecule has 0 atom stereocenters. The number of hydrogen-bond donors (Lipinski definition) is 1. The highest BCUT2D eigenvalue weighted by atomic mass is 32.1. The Hall–Kier alpha value is -0.110. The standard InChI is InChI=1S/C3H3NS2/c1-2-4-3(5)6/h1H2,(H,5,6). The molecule has 0 aromatic rings. The lowest BCUT2D eigenvalue weighted by Crippen LogP contribution is -1.65. The van der Waals surface area contributed by atoms with E-state index in [2.05, 4.69) is 42.3 Å². The number of nitrogens with zero attached hydrogens (tertiary/aromatic N) is 1. The largest absolute Gasteiger partial charge is 0.188 e. The molecule has 0 radical (unpaired) electrons. The molecule has 1 nitrogen and oxygen atoms in total. The van der Waals surface area contributed by atoms with E-state index >= 15 is 0 Å². The van der Waals surface area contributed by atoms with Gasteiger partial charge in [0.15, 0.2) is 4.32 Å². The molecular formula is C3H3NS2. The number of hydrogen-bond acceptors (Lipinski definition) is 1. The summed E-state index contributed by atoms with van der Waals surface area (Å²) in [5.41, 5.74) is 0. The molecular weight excluding hydrogens is 114 g/mol. The Balaban J connectivity index is 3.60. The van der Waals surface area contributed by atoms with Gasteiger partial charge in [-0.1, -0.05) is 0 Å². The summed E-state index contributed by atoms with van der Waals surface area (Å²) < 4.78 is 0.269. The molecule has 32 valence electrons. The lowest BCUT2D eigenvalue weighted by Gasteiger charge is -1.67. The summed E-state index contributed by atoms with van der Waals surface area (Å²) in [6.45, 7) is 3.17. The van der Waals surface area contributed by atoms with Crippen LogP contribution in [0.2, 0.25) is 0 Å². The van der Waals surface area contributed by atoms with Crippen molar-refractivity contribution in [2.45, 2.75) is 0 Å². The van der Waals surface area contributed by atoms with Gasteiger partial charge in [0, 0.05) is 0 Å². The predicted octanol–water partition coefficient (Wildman–Crippen LogP) is 1.06. The van der Waals surface area contributed by atoms with Gasteiger partial charge in [-0.05, 0) is 24.7 Å². The second-order valence-electron chi connectivity index (χ2n) is 0.552. The molecule has 0 aliphatic heterocycles. The van der Waals surface area contributed by atoms with Crippen molar-refractivity contribution in [2.75, 3.05) is 0 Å². The van der Waals surface area contributed by atoms with Crippen molar-refractivity contribution >= 4 is 35.0 Å². The van der Waals surface area contributed by atoms with E-state index in [-0.39, 0.29) is 4.32 Å². The van der Waals surface area contributed by atoms with E-state index in [0.717, 1.165) is 0 Å². The van der Waals surface area contributed by atoms with E-state index in [0.29, 0.717) is 0 Å². The Labute approximate surface area is 47.2 Å². The van der Waals surface area contributed by atoms with Crippen molar-refractivity contribution in [3.8, 4) is 0 Å². The van der Waals surface area contributed by atoms with Gasteiger partial charge in [-0.2, -0.15) is 4.99 Å². The SMILES string of the molecule is C=C=NC(=S)S. The Morgan fingerprint density at radius 3 is 2.50 bits per heavy atom. The monoisotopic (exact) mass is 117 g/mol. The molecule has 0 saturated heterocycles. The molecule has 0 rings (SSSR count). The number of thiol groups is 1. The molecule has 0 unspecified atom stereocenters. The van der Waals surface area contributed by atoms with Crippen LogP contribution in [0, 0.1) is 0 Å². The van der Waals surface area contributed by atoms with Crippen LogP contribution in [-0.2, 0) is 0 Å². The topological polar surface area (TPSA) is 12.4 Å². The first-order chi connectivity index (χ1) is 2.77. The van der Waals surface area contributed by atoms with Crippen molar-refractivity contribution in [1.29, 1.82) is 0 Å². The van der Waals surface area contributed by atoms with Gasteiger partial charge in [-0.3, -0.25) is 0 Å². The van der Waals surface area contributed by atoms with Crippen LogP contribution in [0.5, 0.6) is 0 Å². The molecule has 0 bridgehead atoms. The third-order valence-corrected chi connectivity index (χ3v) is 0.366. The van der Waals surface area contributed by atoms with Gasteiger partial charge in [0.2, 0.25) is 0 Å². The van der Waals surface area contributed by atoms with Crippen LogP contribution < -0.4 is 0 Å². The zero-order valence-electron chi connectivity index (χ0n) is 3.01. The molecule has 0 aliphatic rings. The van der Waals surface area contributed by atoms with E-state index in [4.69, 9.17) is 0 Å². The van der Waals surface area contributed by atoms with Crippen LogP contribution in [0.1, 0.15) is 0 Å². The maximum atomic E-state index is 4.39. The first kappa shape index (κ1) is 5.89. The lowest BCUT2D eigenvalue weighted by molar-refractivity contribution is 1.90. The molecule has 0 N–H and O–H groups in total. The van der Waals surface area contributed by atoms with Crippen LogP contribution >= 0.6 is 24.8 Å². The molecule has 0 heterocycles. The van der Waals surface area contributed by atoms with Crippen LogP contribution in [0.25, 0.3) is 0 Å². The fourth-order valence-electron chi connectivity index (χ4n) is 0.0676.